The standard InChI is InChI=1S/C78H68N2/c1-55-21-41-69(42-22-55)79(71-45-37-59(38-46-71)27-25-57-29-33-63(34-30-57)49-61-13-5-3-6-14-61)77-73-51-65-17-9-11-19-67(65)53-75(73)78(76-54-68-20-12-10-18-66(68)52-74(76)77)80(70-43-23-56(2)24-44-70)72-47-39-60(40-48-72)28-26-58-31-35-64(36-32-58)50-62-15-7-4-8-16-62/h9-12,17-54H,3-8,13-16H2,1-2H3/b27-25+,28-26+. The molecule has 0 radical (unpaired) electrons. The van der Waals surface area contributed by atoms with Crippen LogP contribution in [0.4, 0.5) is 34.1 Å². The van der Waals surface area contributed by atoms with Crippen molar-refractivity contribution in [2.75, 3.05) is 9.80 Å². The predicted molar refractivity (Wildman–Crippen MR) is 348 cm³/mol. The smallest absolute Gasteiger partial charge is 0.0620 e. The third-order valence-corrected chi connectivity index (χ3v) is 16.7. The van der Waals surface area contributed by atoms with Gasteiger partial charge in [-0.1, -0.05) is 217 Å². The summed E-state index contributed by atoms with van der Waals surface area (Å²) in [5, 5.41) is 9.48. The molecule has 2 nitrogen and oxygen atoms in total. The average Bonchev–Trinajstić information content (AvgIpc) is 3.27. The van der Waals surface area contributed by atoms with Gasteiger partial charge in [-0.2, -0.15) is 0 Å². The summed E-state index contributed by atoms with van der Waals surface area (Å²) in [6.45, 7) is 4.35. The summed E-state index contributed by atoms with van der Waals surface area (Å²) in [5.41, 5.74) is 19.6. The van der Waals surface area contributed by atoms with Crippen LogP contribution in [0.2, 0.25) is 0 Å². The zero-order valence-corrected chi connectivity index (χ0v) is 46.2. The molecule has 0 aliphatic heterocycles. The molecule has 0 heterocycles. The highest BCUT2D eigenvalue weighted by molar-refractivity contribution is 6.27. The first-order valence-corrected chi connectivity index (χ1v) is 29.1. The van der Waals surface area contributed by atoms with Gasteiger partial charge in [-0.25, -0.2) is 0 Å². The highest BCUT2D eigenvalue weighted by Crippen LogP contribution is 2.53. The second-order valence-corrected chi connectivity index (χ2v) is 22.4. The molecular formula is C78H68N2. The SMILES string of the molecule is Cc1ccc(N(c2ccc(/C=C/c3ccc(C=C4CCCCC4)cc3)cc2)c2c3cc4ccccc4cc3c(N(c3ccc(C)cc3)c3ccc(/C=C/c4ccc(C=C5CCCCC5)cc4)cc3)c3cc4ccccc4cc23)cc1. The fraction of sp³-hybridized carbons (Fsp3) is 0.154. The van der Waals surface area contributed by atoms with E-state index in [4.69, 9.17) is 0 Å². The van der Waals surface area contributed by atoms with Crippen LogP contribution in [0.1, 0.15) is 109 Å². The summed E-state index contributed by atoms with van der Waals surface area (Å²) in [6, 6.07) is 81.8. The van der Waals surface area contributed by atoms with Gasteiger partial charge in [-0.3, -0.25) is 0 Å². The zero-order chi connectivity index (χ0) is 53.8. The molecule has 11 aromatic carbocycles. The van der Waals surface area contributed by atoms with Crippen molar-refractivity contribution in [1.29, 1.82) is 0 Å². The molecule has 80 heavy (non-hydrogen) atoms. The summed E-state index contributed by atoms with van der Waals surface area (Å²) in [7, 11) is 0. The van der Waals surface area contributed by atoms with Gasteiger partial charge in [-0.05, 0) is 193 Å². The summed E-state index contributed by atoms with van der Waals surface area (Å²) >= 11 is 0. The Kier molecular flexibility index (Phi) is 14.4. The van der Waals surface area contributed by atoms with Crippen molar-refractivity contribution in [3.63, 3.8) is 0 Å². The maximum Gasteiger partial charge on any atom is 0.0620 e. The monoisotopic (exact) mass is 1030 g/mol. The van der Waals surface area contributed by atoms with E-state index in [-0.39, 0.29) is 0 Å². The van der Waals surface area contributed by atoms with E-state index < -0.39 is 0 Å². The number of fused-ring (bicyclic) bond motifs is 4. The number of aryl methyl sites for hydroxylation is 2. The minimum atomic E-state index is 1.09. The maximum absolute atomic E-state index is 2.50. The predicted octanol–water partition coefficient (Wildman–Crippen LogP) is 22.9. The van der Waals surface area contributed by atoms with E-state index in [0.717, 1.165) is 45.3 Å². The first kappa shape index (κ1) is 50.5. The van der Waals surface area contributed by atoms with Gasteiger partial charge in [0.25, 0.3) is 0 Å². The van der Waals surface area contributed by atoms with Crippen LogP contribution in [0.15, 0.2) is 230 Å². The summed E-state index contributed by atoms with van der Waals surface area (Å²) < 4.78 is 0. The number of benzene rings is 11. The summed E-state index contributed by atoms with van der Waals surface area (Å²) in [6.07, 6.45) is 26.7. The lowest BCUT2D eigenvalue weighted by Gasteiger charge is -2.33. The van der Waals surface area contributed by atoms with Crippen molar-refractivity contribution in [2.45, 2.75) is 78.1 Å². The van der Waals surface area contributed by atoms with Crippen LogP contribution in [-0.4, -0.2) is 0 Å². The van der Waals surface area contributed by atoms with E-state index in [9.17, 15) is 0 Å². The molecule has 2 heteroatoms. The maximum atomic E-state index is 2.50. The molecule has 13 rings (SSSR count). The van der Waals surface area contributed by atoms with Crippen molar-refractivity contribution in [2.24, 2.45) is 0 Å². The molecule has 0 spiro atoms. The minimum absolute atomic E-state index is 1.09. The highest BCUT2D eigenvalue weighted by Gasteiger charge is 2.27. The van der Waals surface area contributed by atoms with Crippen molar-refractivity contribution in [3.8, 4) is 0 Å². The molecule has 0 unspecified atom stereocenters. The van der Waals surface area contributed by atoms with Crippen molar-refractivity contribution >= 4 is 114 Å². The number of nitrogens with zero attached hydrogens (tertiary/aromatic N) is 2. The first-order chi connectivity index (χ1) is 39.4. The molecule has 0 bridgehead atoms. The van der Waals surface area contributed by atoms with E-state index in [2.05, 4.69) is 278 Å². The normalized spacial score (nSPS) is 14.0. The third kappa shape index (κ3) is 10.9. The van der Waals surface area contributed by atoms with Gasteiger partial charge in [-0.15, -0.1) is 0 Å². The second-order valence-electron chi connectivity index (χ2n) is 22.4. The van der Waals surface area contributed by atoms with Gasteiger partial charge in [0.2, 0.25) is 0 Å². The largest absolute Gasteiger partial charge is 0.309 e. The number of hydrogen-bond donors (Lipinski definition) is 0. The van der Waals surface area contributed by atoms with Gasteiger partial charge in [0, 0.05) is 44.3 Å². The Morgan fingerprint density at radius 2 is 0.525 bits per heavy atom. The summed E-state index contributed by atoms with van der Waals surface area (Å²) in [5.74, 6) is 0. The molecule has 0 aromatic heterocycles. The number of rotatable bonds is 12. The van der Waals surface area contributed by atoms with Gasteiger partial charge in [0.1, 0.15) is 0 Å². The van der Waals surface area contributed by atoms with E-state index in [1.165, 1.54) is 141 Å². The second kappa shape index (κ2) is 22.8. The van der Waals surface area contributed by atoms with E-state index in [1.807, 2.05) is 0 Å². The Bertz CT molecular complexity index is 3750. The third-order valence-electron chi connectivity index (χ3n) is 16.7. The Labute approximate surface area is 473 Å². The quantitative estimate of drug-likeness (QED) is 0.0684. The van der Waals surface area contributed by atoms with Gasteiger partial charge >= 0.3 is 0 Å². The van der Waals surface area contributed by atoms with Crippen molar-refractivity contribution in [1.82, 2.24) is 0 Å². The first-order valence-electron chi connectivity index (χ1n) is 29.1. The molecule has 0 amide bonds. The van der Waals surface area contributed by atoms with Crippen LogP contribution in [0, 0.1) is 13.8 Å². The van der Waals surface area contributed by atoms with E-state index >= 15 is 0 Å². The Morgan fingerprint density at radius 3 is 0.812 bits per heavy atom. The van der Waals surface area contributed by atoms with Gasteiger partial charge in [0.15, 0.2) is 0 Å². The lowest BCUT2D eigenvalue weighted by Crippen LogP contribution is -2.15. The molecule has 2 fully saturated rings. The van der Waals surface area contributed by atoms with E-state index in [0.29, 0.717) is 0 Å². The van der Waals surface area contributed by atoms with Crippen molar-refractivity contribution in [3.05, 3.63) is 274 Å². The van der Waals surface area contributed by atoms with Crippen molar-refractivity contribution < 1.29 is 0 Å². The summed E-state index contributed by atoms with van der Waals surface area (Å²) in [4.78, 5) is 5.01. The topological polar surface area (TPSA) is 6.48 Å². The van der Waals surface area contributed by atoms with Gasteiger partial charge < -0.3 is 9.80 Å². The molecule has 2 saturated carbocycles. The zero-order valence-electron chi connectivity index (χ0n) is 46.2. The number of anilines is 6. The number of hydrogen-bond acceptors (Lipinski definition) is 2. The van der Waals surface area contributed by atoms with Crippen LogP contribution < -0.4 is 9.80 Å². The fourth-order valence-corrected chi connectivity index (χ4v) is 12.3. The molecule has 390 valence electrons. The highest BCUT2D eigenvalue weighted by atomic mass is 15.2. The number of allylic oxidation sites excluding steroid dienone is 2. The van der Waals surface area contributed by atoms with Crippen LogP contribution in [0.3, 0.4) is 0 Å². The van der Waals surface area contributed by atoms with Crippen LogP contribution >= 0.6 is 0 Å². The molecule has 0 atom stereocenters. The van der Waals surface area contributed by atoms with Crippen LogP contribution in [0.25, 0.3) is 79.5 Å². The lowest BCUT2D eigenvalue weighted by atomic mass is 9.91. The Morgan fingerprint density at radius 1 is 0.275 bits per heavy atom. The molecular weight excluding hydrogens is 965 g/mol. The lowest BCUT2D eigenvalue weighted by molar-refractivity contribution is 0.602. The fourth-order valence-electron chi connectivity index (χ4n) is 12.3. The minimum Gasteiger partial charge on any atom is -0.309 e. The molecule has 0 N–H and O–H groups in total. The van der Waals surface area contributed by atoms with E-state index in [1.54, 1.807) is 11.1 Å². The van der Waals surface area contributed by atoms with Crippen LogP contribution in [-0.2, 0) is 0 Å². The van der Waals surface area contributed by atoms with Crippen LogP contribution in [0.5, 0.6) is 0 Å². The molecule has 2 aliphatic rings. The average molecular weight is 1030 g/mol. The Hall–Kier alpha value is -8.98. The molecule has 11 aromatic rings. The Balaban J connectivity index is 0.951. The molecule has 2 aliphatic carbocycles. The molecule has 0 saturated heterocycles. The van der Waals surface area contributed by atoms with Gasteiger partial charge in [0.05, 0.1) is 11.4 Å².